The molecule has 2 N–H and O–H groups in total. The number of nitrogens with zero attached hydrogens (tertiary/aromatic N) is 1. The Kier molecular flexibility index (Phi) is 3.29. The molecule has 1 aliphatic heterocycles. The van der Waals surface area contributed by atoms with Gasteiger partial charge in [-0.3, -0.25) is 4.79 Å². The highest BCUT2D eigenvalue weighted by Gasteiger charge is 2.42. The van der Waals surface area contributed by atoms with Crippen LogP contribution in [0.4, 0.5) is 0 Å². The van der Waals surface area contributed by atoms with Crippen LogP contribution in [0.25, 0.3) is 0 Å². The molecule has 16 heavy (non-hydrogen) atoms. The third kappa shape index (κ3) is 2.12. The van der Waals surface area contributed by atoms with Gasteiger partial charge in [-0.25, -0.2) is 0 Å². The number of rotatable bonds is 0. The summed E-state index contributed by atoms with van der Waals surface area (Å²) in [4.78, 5) is 13.6. The number of fused-ring (bicyclic) bond motifs is 1. The lowest BCUT2D eigenvalue weighted by Gasteiger charge is -2.48. The van der Waals surface area contributed by atoms with Crippen molar-refractivity contribution in [1.82, 2.24) is 4.90 Å². The first-order chi connectivity index (χ1) is 7.52. The number of piperidine rings is 1. The van der Waals surface area contributed by atoms with Gasteiger partial charge in [0.1, 0.15) is 0 Å². The SMILES string of the molecule is [B]C1(N)CCCCCC2C1CCC(=O)N2C. The third-order valence-electron chi connectivity index (χ3n) is 4.32. The second-order valence-electron chi connectivity index (χ2n) is 5.43. The van der Waals surface area contributed by atoms with Crippen LogP contribution in [0.2, 0.25) is 0 Å². The third-order valence-corrected chi connectivity index (χ3v) is 4.32. The predicted octanol–water partition coefficient (Wildman–Crippen LogP) is 1.01. The molecule has 0 aromatic carbocycles. The lowest BCUT2D eigenvalue weighted by atomic mass is 9.59. The van der Waals surface area contributed by atoms with Gasteiger partial charge in [0.05, 0.1) is 7.85 Å². The van der Waals surface area contributed by atoms with Crippen LogP contribution in [0.3, 0.4) is 0 Å². The van der Waals surface area contributed by atoms with Gasteiger partial charge in [0.2, 0.25) is 5.91 Å². The molecule has 0 aromatic rings. The quantitative estimate of drug-likeness (QED) is 0.619. The average molecular weight is 220 g/mol. The molecule has 2 fully saturated rings. The minimum absolute atomic E-state index is 0.248. The number of nitrogens with two attached hydrogens (primary N) is 1. The van der Waals surface area contributed by atoms with Gasteiger partial charge < -0.3 is 10.6 Å². The van der Waals surface area contributed by atoms with Crippen molar-refractivity contribution in [2.45, 2.75) is 56.4 Å². The normalized spacial score (nSPS) is 41.1. The van der Waals surface area contributed by atoms with E-state index in [1.807, 2.05) is 11.9 Å². The van der Waals surface area contributed by atoms with E-state index in [0.29, 0.717) is 6.42 Å². The summed E-state index contributed by atoms with van der Waals surface area (Å²) in [7, 11) is 8.15. The van der Waals surface area contributed by atoms with Crippen LogP contribution in [0, 0.1) is 5.92 Å². The fraction of sp³-hybridized carbons (Fsp3) is 0.917. The molecule has 0 aromatic heterocycles. The minimum Gasteiger partial charge on any atom is -0.342 e. The van der Waals surface area contributed by atoms with Crippen molar-refractivity contribution in [2.75, 3.05) is 7.05 Å². The van der Waals surface area contributed by atoms with Gasteiger partial charge in [-0.15, -0.1) is 0 Å². The zero-order valence-corrected chi connectivity index (χ0v) is 10.1. The molecule has 2 radical (unpaired) electrons. The summed E-state index contributed by atoms with van der Waals surface area (Å²) in [6, 6.07) is 0.261. The van der Waals surface area contributed by atoms with E-state index in [1.165, 1.54) is 12.8 Å². The van der Waals surface area contributed by atoms with E-state index < -0.39 is 5.44 Å². The molecule has 0 spiro atoms. The molecule has 1 amide bonds. The Hall–Kier alpha value is -0.505. The number of carbonyl (C=O) groups excluding carboxylic acids is 1. The molecule has 1 saturated carbocycles. The van der Waals surface area contributed by atoms with Crippen LogP contribution < -0.4 is 5.73 Å². The van der Waals surface area contributed by atoms with Crippen LogP contribution in [0.15, 0.2) is 0 Å². The highest BCUT2D eigenvalue weighted by molar-refractivity contribution is 6.15. The van der Waals surface area contributed by atoms with E-state index in [9.17, 15) is 4.79 Å². The second-order valence-corrected chi connectivity index (χ2v) is 5.43. The molecular weight excluding hydrogens is 199 g/mol. The van der Waals surface area contributed by atoms with E-state index in [0.717, 1.165) is 25.7 Å². The maximum atomic E-state index is 11.7. The maximum absolute atomic E-state index is 11.7. The van der Waals surface area contributed by atoms with E-state index >= 15 is 0 Å². The zero-order chi connectivity index (χ0) is 11.8. The Morgan fingerprint density at radius 1 is 1.38 bits per heavy atom. The van der Waals surface area contributed by atoms with E-state index in [2.05, 4.69) is 0 Å². The lowest BCUT2D eigenvalue weighted by molar-refractivity contribution is -0.138. The van der Waals surface area contributed by atoms with Gasteiger partial charge in [0, 0.05) is 19.5 Å². The number of hydrogen-bond acceptors (Lipinski definition) is 2. The van der Waals surface area contributed by atoms with Crippen molar-refractivity contribution in [3.8, 4) is 0 Å². The number of amides is 1. The van der Waals surface area contributed by atoms with Crippen LogP contribution in [0.5, 0.6) is 0 Å². The first-order valence-electron chi connectivity index (χ1n) is 6.36. The molecule has 4 heteroatoms. The lowest BCUT2D eigenvalue weighted by Crippen LogP contribution is -2.59. The van der Waals surface area contributed by atoms with Gasteiger partial charge >= 0.3 is 0 Å². The molecule has 3 nitrogen and oxygen atoms in total. The number of hydrogen-bond donors (Lipinski definition) is 1. The van der Waals surface area contributed by atoms with Crippen molar-refractivity contribution in [1.29, 1.82) is 0 Å². The van der Waals surface area contributed by atoms with Gasteiger partial charge in [-0.1, -0.05) is 19.3 Å². The average Bonchev–Trinajstić information content (AvgIpc) is 2.21. The number of carbonyl (C=O) groups is 1. The van der Waals surface area contributed by atoms with E-state index in [1.54, 1.807) is 0 Å². The summed E-state index contributed by atoms with van der Waals surface area (Å²) >= 11 is 0. The summed E-state index contributed by atoms with van der Waals surface area (Å²) in [6.07, 6.45) is 6.90. The first-order valence-corrected chi connectivity index (χ1v) is 6.36. The van der Waals surface area contributed by atoms with Crippen molar-refractivity contribution in [3.63, 3.8) is 0 Å². The largest absolute Gasteiger partial charge is 0.342 e. The molecule has 3 atom stereocenters. The van der Waals surface area contributed by atoms with Gasteiger partial charge in [0.15, 0.2) is 0 Å². The van der Waals surface area contributed by atoms with E-state index in [-0.39, 0.29) is 17.9 Å². The van der Waals surface area contributed by atoms with Gasteiger partial charge in [-0.2, -0.15) is 0 Å². The maximum Gasteiger partial charge on any atom is 0.222 e. The molecule has 2 aliphatic rings. The Morgan fingerprint density at radius 3 is 2.88 bits per heavy atom. The molecular formula is C12H21BN2O. The van der Waals surface area contributed by atoms with Crippen LogP contribution in [0.1, 0.15) is 44.9 Å². The van der Waals surface area contributed by atoms with Crippen molar-refractivity contribution >= 4 is 13.8 Å². The summed E-state index contributed by atoms with van der Waals surface area (Å²) < 4.78 is 0. The first kappa shape index (κ1) is 12.0. The predicted molar refractivity (Wildman–Crippen MR) is 65.0 cm³/mol. The molecule has 88 valence electrons. The monoisotopic (exact) mass is 220 g/mol. The summed E-state index contributed by atoms with van der Waals surface area (Å²) in [5, 5.41) is 0. The summed E-state index contributed by atoms with van der Waals surface area (Å²) in [5.41, 5.74) is 5.67. The molecule has 0 bridgehead atoms. The number of likely N-dealkylation sites (tertiary alicyclic amines) is 1. The van der Waals surface area contributed by atoms with Crippen LogP contribution in [-0.2, 0) is 4.79 Å². The van der Waals surface area contributed by atoms with Crippen molar-refractivity contribution < 1.29 is 4.79 Å². The fourth-order valence-electron chi connectivity index (χ4n) is 3.27. The fourth-order valence-corrected chi connectivity index (χ4v) is 3.27. The second kappa shape index (κ2) is 4.40. The highest BCUT2D eigenvalue weighted by atomic mass is 16.2. The topological polar surface area (TPSA) is 46.3 Å². The van der Waals surface area contributed by atoms with Crippen LogP contribution >= 0.6 is 0 Å². The smallest absolute Gasteiger partial charge is 0.222 e. The molecule has 1 heterocycles. The van der Waals surface area contributed by atoms with Crippen molar-refractivity contribution in [3.05, 3.63) is 0 Å². The molecule has 1 saturated heterocycles. The van der Waals surface area contributed by atoms with Gasteiger partial charge in [0.25, 0.3) is 0 Å². The highest BCUT2D eigenvalue weighted by Crippen LogP contribution is 2.36. The summed E-state index contributed by atoms with van der Waals surface area (Å²) in [5.74, 6) is 0.521. The minimum atomic E-state index is -0.583. The van der Waals surface area contributed by atoms with Crippen molar-refractivity contribution in [2.24, 2.45) is 11.7 Å². The molecule has 3 unspecified atom stereocenters. The van der Waals surface area contributed by atoms with Gasteiger partial charge in [-0.05, 0) is 30.6 Å². The Morgan fingerprint density at radius 2 is 2.12 bits per heavy atom. The Labute approximate surface area is 99.2 Å². The summed E-state index contributed by atoms with van der Waals surface area (Å²) in [6.45, 7) is 0. The van der Waals surface area contributed by atoms with E-state index in [4.69, 9.17) is 13.6 Å². The molecule has 1 aliphatic carbocycles. The molecule has 2 rings (SSSR count). The van der Waals surface area contributed by atoms with Crippen LogP contribution in [-0.4, -0.2) is 37.2 Å². The Balaban J connectivity index is 2.20. The Bertz CT molecular complexity index is 280. The zero-order valence-electron chi connectivity index (χ0n) is 10.1. The standard InChI is InChI=1S/C12H21BN2O/c1-15-10-5-3-2-4-8-12(13,14)9(10)6-7-11(15)16/h9-10H,2-8,14H2,1H3.